The van der Waals surface area contributed by atoms with Crippen molar-refractivity contribution in [3.8, 4) is 11.1 Å². The Morgan fingerprint density at radius 2 is 1.74 bits per heavy atom. The molecule has 0 aliphatic heterocycles. The van der Waals surface area contributed by atoms with Crippen LogP contribution in [0, 0.1) is 0 Å². The smallest absolute Gasteiger partial charge is 0.0498 e. The Morgan fingerprint density at radius 3 is 2.48 bits per heavy atom. The van der Waals surface area contributed by atoms with Gasteiger partial charge in [-0.15, -0.1) is 0 Å². The molecule has 2 heteroatoms. The maximum absolute atomic E-state index is 3.65. The largest absolute Gasteiger partial charge is 0.344 e. The van der Waals surface area contributed by atoms with Crippen molar-refractivity contribution >= 4 is 37.7 Å². The van der Waals surface area contributed by atoms with E-state index in [1.807, 2.05) is 0 Å². The van der Waals surface area contributed by atoms with Crippen LogP contribution >= 0.6 is 15.9 Å². The topological polar surface area (TPSA) is 4.93 Å². The van der Waals surface area contributed by atoms with Gasteiger partial charge < -0.3 is 4.57 Å². The number of rotatable bonds is 1. The molecular formula is C21H16BrN. The predicted octanol–water partition coefficient (Wildman–Crippen LogP) is 5.86. The first-order chi connectivity index (χ1) is 11.2. The number of hydrogen-bond acceptors (Lipinski definition) is 0. The molecule has 5 rings (SSSR count). The molecule has 1 aliphatic rings. The van der Waals surface area contributed by atoms with E-state index in [0.29, 0.717) is 0 Å². The lowest BCUT2D eigenvalue weighted by Gasteiger charge is -2.24. The number of benzene rings is 3. The van der Waals surface area contributed by atoms with E-state index in [4.69, 9.17) is 0 Å². The van der Waals surface area contributed by atoms with E-state index in [1.165, 1.54) is 56.9 Å². The quantitative estimate of drug-likeness (QED) is 0.400. The number of fused-ring (bicyclic) bond motifs is 4. The number of aromatic nitrogens is 1. The van der Waals surface area contributed by atoms with Gasteiger partial charge in [-0.2, -0.15) is 0 Å². The third-order valence-electron chi connectivity index (χ3n) is 5.16. The van der Waals surface area contributed by atoms with Crippen molar-refractivity contribution in [1.82, 2.24) is 4.57 Å². The number of halogens is 1. The van der Waals surface area contributed by atoms with Crippen molar-refractivity contribution in [1.29, 1.82) is 0 Å². The lowest BCUT2D eigenvalue weighted by atomic mass is 9.80. The molecule has 3 aromatic carbocycles. The van der Waals surface area contributed by atoms with Crippen LogP contribution in [0.3, 0.4) is 0 Å². The molecule has 23 heavy (non-hydrogen) atoms. The van der Waals surface area contributed by atoms with Crippen LogP contribution in [0.5, 0.6) is 0 Å². The van der Waals surface area contributed by atoms with Crippen LogP contribution in [0.15, 0.2) is 59.1 Å². The van der Waals surface area contributed by atoms with E-state index in [0.717, 1.165) is 4.47 Å². The molecule has 0 radical (unpaired) electrons. The van der Waals surface area contributed by atoms with Gasteiger partial charge in [-0.25, -0.2) is 0 Å². The lowest BCUT2D eigenvalue weighted by molar-refractivity contribution is 0.844. The SMILES string of the molecule is Cn1c2ccc(Br)cc2c2c(-c3ccccc3)c3c(cc21)CC3. The van der Waals surface area contributed by atoms with Crippen molar-refractivity contribution in [2.45, 2.75) is 12.8 Å². The zero-order valence-corrected chi connectivity index (χ0v) is 14.5. The molecule has 0 fully saturated rings. The Bertz CT molecular complexity index is 1070. The standard InChI is InChI=1S/C21H16BrN/c1-23-18-10-8-15(22)12-17(18)21-19(23)11-14-7-9-16(14)20(21)13-5-3-2-4-6-13/h2-6,8,10-12H,7,9H2,1H3. The van der Waals surface area contributed by atoms with Crippen LogP contribution in [0.1, 0.15) is 11.1 Å². The highest BCUT2D eigenvalue weighted by Gasteiger charge is 2.24. The van der Waals surface area contributed by atoms with Gasteiger partial charge in [0.05, 0.1) is 0 Å². The van der Waals surface area contributed by atoms with Gasteiger partial charge in [0, 0.05) is 33.3 Å². The monoisotopic (exact) mass is 361 g/mol. The summed E-state index contributed by atoms with van der Waals surface area (Å²) in [5.74, 6) is 0. The average Bonchev–Trinajstić information content (AvgIpc) is 2.81. The van der Waals surface area contributed by atoms with Crippen molar-refractivity contribution in [2.24, 2.45) is 7.05 Å². The maximum atomic E-state index is 3.65. The second-order valence-electron chi connectivity index (χ2n) is 6.37. The Morgan fingerprint density at radius 1 is 0.913 bits per heavy atom. The molecule has 0 bridgehead atoms. The summed E-state index contributed by atoms with van der Waals surface area (Å²) in [7, 11) is 2.18. The summed E-state index contributed by atoms with van der Waals surface area (Å²) in [4.78, 5) is 0. The minimum absolute atomic E-state index is 1.14. The highest BCUT2D eigenvalue weighted by molar-refractivity contribution is 9.10. The second-order valence-corrected chi connectivity index (χ2v) is 7.29. The first-order valence-electron chi connectivity index (χ1n) is 8.02. The van der Waals surface area contributed by atoms with Gasteiger partial charge in [0.15, 0.2) is 0 Å². The van der Waals surface area contributed by atoms with Gasteiger partial charge in [-0.3, -0.25) is 0 Å². The molecule has 0 spiro atoms. The highest BCUT2D eigenvalue weighted by Crippen LogP contribution is 2.44. The molecule has 0 N–H and O–H groups in total. The first kappa shape index (κ1) is 13.4. The summed E-state index contributed by atoms with van der Waals surface area (Å²) in [6.07, 6.45) is 2.40. The minimum Gasteiger partial charge on any atom is -0.344 e. The van der Waals surface area contributed by atoms with Crippen LogP contribution in [-0.4, -0.2) is 4.57 Å². The van der Waals surface area contributed by atoms with Gasteiger partial charge in [0.25, 0.3) is 0 Å². The van der Waals surface area contributed by atoms with Crippen LogP contribution in [-0.2, 0) is 19.9 Å². The third kappa shape index (κ3) is 1.79. The Labute approximate surface area is 143 Å². The summed E-state index contributed by atoms with van der Waals surface area (Å²) < 4.78 is 3.47. The summed E-state index contributed by atoms with van der Waals surface area (Å²) in [5, 5.41) is 2.74. The van der Waals surface area contributed by atoms with E-state index < -0.39 is 0 Å². The number of hydrogen-bond donors (Lipinski definition) is 0. The van der Waals surface area contributed by atoms with Crippen molar-refractivity contribution < 1.29 is 0 Å². The van der Waals surface area contributed by atoms with Crippen molar-refractivity contribution in [2.75, 3.05) is 0 Å². The fraction of sp³-hybridized carbons (Fsp3) is 0.143. The van der Waals surface area contributed by atoms with Crippen molar-refractivity contribution in [3.63, 3.8) is 0 Å². The molecule has 0 unspecified atom stereocenters. The van der Waals surface area contributed by atoms with Crippen LogP contribution < -0.4 is 0 Å². The number of nitrogens with zero attached hydrogens (tertiary/aromatic N) is 1. The van der Waals surface area contributed by atoms with E-state index in [9.17, 15) is 0 Å². The van der Waals surface area contributed by atoms with Gasteiger partial charge in [-0.1, -0.05) is 46.3 Å². The molecule has 0 saturated carbocycles. The first-order valence-corrected chi connectivity index (χ1v) is 8.81. The van der Waals surface area contributed by atoms with E-state index in [-0.39, 0.29) is 0 Å². The van der Waals surface area contributed by atoms with Gasteiger partial charge in [0.2, 0.25) is 0 Å². The molecule has 1 nitrogen and oxygen atoms in total. The van der Waals surface area contributed by atoms with Crippen LogP contribution in [0.4, 0.5) is 0 Å². The Kier molecular flexibility index (Phi) is 2.75. The van der Waals surface area contributed by atoms with Gasteiger partial charge in [-0.05, 0) is 59.4 Å². The molecule has 112 valence electrons. The summed E-state index contributed by atoms with van der Waals surface area (Å²) in [6.45, 7) is 0. The lowest BCUT2D eigenvalue weighted by Crippen LogP contribution is -2.10. The molecule has 0 saturated heterocycles. The average molecular weight is 362 g/mol. The molecule has 1 aliphatic carbocycles. The number of aryl methyl sites for hydroxylation is 2. The highest BCUT2D eigenvalue weighted by atomic mass is 79.9. The molecule has 1 heterocycles. The zero-order chi connectivity index (χ0) is 15.6. The molecule has 0 amide bonds. The Balaban J connectivity index is 2.04. The molecular weight excluding hydrogens is 346 g/mol. The predicted molar refractivity (Wildman–Crippen MR) is 101 cm³/mol. The minimum atomic E-state index is 1.14. The fourth-order valence-electron chi connectivity index (χ4n) is 3.95. The molecule has 0 atom stereocenters. The van der Waals surface area contributed by atoms with Gasteiger partial charge in [0.1, 0.15) is 0 Å². The van der Waals surface area contributed by atoms with E-state index >= 15 is 0 Å². The van der Waals surface area contributed by atoms with Crippen molar-refractivity contribution in [3.05, 3.63) is 70.2 Å². The summed E-state index contributed by atoms with van der Waals surface area (Å²) in [5.41, 5.74) is 8.47. The Hall–Kier alpha value is -2.06. The van der Waals surface area contributed by atoms with Crippen LogP contribution in [0.2, 0.25) is 0 Å². The summed E-state index contributed by atoms with van der Waals surface area (Å²) >= 11 is 3.65. The molecule has 4 aromatic rings. The summed E-state index contributed by atoms with van der Waals surface area (Å²) in [6, 6.07) is 19.9. The maximum Gasteiger partial charge on any atom is 0.0498 e. The third-order valence-corrected chi connectivity index (χ3v) is 5.66. The van der Waals surface area contributed by atoms with E-state index in [1.54, 1.807) is 0 Å². The van der Waals surface area contributed by atoms with E-state index in [2.05, 4.69) is 82.1 Å². The second kappa shape index (κ2) is 4.72. The molecule has 1 aromatic heterocycles. The fourth-order valence-corrected chi connectivity index (χ4v) is 4.31. The van der Waals surface area contributed by atoms with Gasteiger partial charge >= 0.3 is 0 Å². The normalized spacial score (nSPS) is 13.3. The zero-order valence-electron chi connectivity index (χ0n) is 12.9. The van der Waals surface area contributed by atoms with Crippen LogP contribution in [0.25, 0.3) is 32.9 Å².